The molecular formula is C31H40N4O5S. The molecule has 0 bridgehead atoms. The average molecular weight is 581 g/mol. The molecule has 4 N–H and O–H groups in total. The molecule has 3 rings (SSSR count). The van der Waals surface area contributed by atoms with Crippen LogP contribution in [0.1, 0.15) is 43.4 Å². The number of anilines is 3. The fourth-order valence-electron chi connectivity index (χ4n) is 4.19. The molecule has 0 spiro atoms. The van der Waals surface area contributed by atoms with Crippen LogP contribution >= 0.6 is 0 Å². The van der Waals surface area contributed by atoms with Crippen molar-refractivity contribution in [2.45, 2.75) is 26.7 Å². The van der Waals surface area contributed by atoms with E-state index in [-0.39, 0.29) is 37.8 Å². The number of hydrogen-bond donors (Lipinski definition) is 4. The molecule has 41 heavy (non-hydrogen) atoms. The molecule has 10 heteroatoms. The number of carbonyl (C=O) groups is 1. The summed E-state index contributed by atoms with van der Waals surface area (Å²) in [6, 6.07) is 25.1. The molecule has 0 fully saturated rings. The maximum absolute atomic E-state index is 12.0. The zero-order valence-corrected chi connectivity index (χ0v) is 24.7. The zero-order valence-electron chi connectivity index (χ0n) is 23.9. The molecular weight excluding hydrogens is 540 g/mol. The molecule has 0 saturated heterocycles. The molecule has 0 atom stereocenters. The molecule has 220 valence electrons. The molecule has 0 aliphatic rings. The van der Waals surface area contributed by atoms with Gasteiger partial charge in [0.05, 0.1) is 6.61 Å². The van der Waals surface area contributed by atoms with E-state index in [0.717, 1.165) is 35.7 Å². The number of esters is 1. The van der Waals surface area contributed by atoms with Gasteiger partial charge in [-0.3, -0.25) is 4.18 Å². The average Bonchev–Trinajstić information content (AvgIpc) is 2.96. The topological polar surface area (TPSA) is 118 Å². The molecule has 0 heterocycles. The van der Waals surface area contributed by atoms with Crippen LogP contribution in [-0.4, -0.2) is 53.8 Å². The summed E-state index contributed by atoms with van der Waals surface area (Å²) in [5.74, 6) is -0.527. The van der Waals surface area contributed by atoms with Crippen LogP contribution in [0.5, 0.6) is 0 Å². The van der Waals surface area contributed by atoms with Crippen LogP contribution in [0.4, 0.5) is 17.1 Å². The van der Waals surface area contributed by atoms with Gasteiger partial charge in [0.15, 0.2) is 0 Å². The van der Waals surface area contributed by atoms with Crippen molar-refractivity contribution in [1.29, 1.82) is 0 Å². The zero-order chi connectivity index (χ0) is 29.7. The number of nitrogens with one attached hydrogen (secondary N) is 4. The summed E-state index contributed by atoms with van der Waals surface area (Å²) in [6.45, 7) is 10.9. The quantitative estimate of drug-likeness (QED) is 0.0753. The third-order valence-corrected chi connectivity index (χ3v) is 7.16. The predicted octanol–water partition coefficient (Wildman–Crippen LogP) is 5.11. The lowest BCUT2D eigenvalue weighted by molar-refractivity contribution is -0.138. The minimum Gasteiger partial charge on any atom is -0.461 e. The summed E-state index contributed by atoms with van der Waals surface area (Å²) in [6.07, 6.45) is 0. The van der Waals surface area contributed by atoms with Gasteiger partial charge in [0.25, 0.3) is 0 Å². The highest BCUT2D eigenvalue weighted by Crippen LogP contribution is 2.34. The first kappa shape index (κ1) is 31.7. The molecule has 3 aromatic carbocycles. The lowest BCUT2D eigenvalue weighted by atomic mass is 9.85. The minimum absolute atomic E-state index is 0.0459. The molecule has 0 unspecified atom stereocenters. The van der Waals surface area contributed by atoms with Gasteiger partial charge in [0.2, 0.25) is 0 Å². The Hall–Kier alpha value is -3.86. The minimum atomic E-state index is -3.96. The van der Waals surface area contributed by atoms with Crippen molar-refractivity contribution < 1.29 is 22.1 Å². The molecule has 0 aliphatic carbocycles. The van der Waals surface area contributed by atoms with Crippen molar-refractivity contribution in [3.05, 3.63) is 102 Å². The Morgan fingerprint density at radius 2 is 1.17 bits per heavy atom. The van der Waals surface area contributed by atoms with Crippen LogP contribution in [0, 0.1) is 0 Å². The van der Waals surface area contributed by atoms with E-state index in [1.165, 1.54) is 18.1 Å². The first-order chi connectivity index (χ1) is 19.7. The van der Waals surface area contributed by atoms with E-state index in [9.17, 15) is 13.2 Å². The van der Waals surface area contributed by atoms with Gasteiger partial charge in [-0.05, 0) is 73.9 Å². The van der Waals surface area contributed by atoms with Crippen LogP contribution in [0.3, 0.4) is 0 Å². The van der Waals surface area contributed by atoms with Crippen molar-refractivity contribution in [3.63, 3.8) is 0 Å². The lowest BCUT2D eigenvalue weighted by Gasteiger charge is -2.20. The smallest absolute Gasteiger partial charge is 0.336 e. The van der Waals surface area contributed by atoms with Gasteiger partial charge < -0.3 is 20.7 Å². The van der Waals surface area contributed by atoms with Gasteiger partial charge >= 0.3 is 16.3 Å². The Morgan fingerprint density at radius 3 is 1.59 bits per heavy atom. The van der Waals surface area contributed by atoms with E-state index < -0.39 is 16.3 Å². The molecule has 3 aromatic rings. The fourth-order valence-corrected chi connectivity index (χ4v) is 4.91. The standard InChI is InChI=1S/C31H40N4O5S/c1-5-32-27-13-7-24(8-14-27)30(25-9-15-28(16-10-25)33-6-2)26-11-17-29(18-12-26)34-19-22-40-41(37,38)35-20-21-39-31(36)23(3)4/h7-18,30,32-35H,3,5-6,19-22H2,1-2,4H3. The van der Waals surface area contributed by atoms with E-state index in [2.05, 4.69) is 102 Å². The van der Waals surface area contributed by atoms with Gasteiger partial charge in [0, 0.05) is 54.7 Å². The highest BCUT2D eigenvalue weighted by Gasteiger charge is 2.17. The van der Waals surface area contributed by atoms with Gasteiger partial charge in [-0.15, -0.1) is 0 Å². The van der Waals surface area contributed by atoms with Gasteiger partial charge in [-0.1, -0.05) is 43.0 Å². The summed E-state index contributed by atoms with van der Waals surface area (Å²) in [7, 11) is -3.96. The van der Waals surface area contributed by atoms with Crippen LogP contribution < -0.4 is 20.7 Å². The second kappa shape index (κ2) is 15.8. The molecule has 0 aromatic heterocycles. The third kappa shape index (κ3) is 10.2. The number of hydrogen-bond acceptors (Lipinski definition) is 8. The Bertz CT molecular complexity index is 1310. The lowest BCUT2D eigenvalue weighted by Crippen LogP contribution is -2.31. The van der Waals surface area contributed by atoms with E-state index in [4.69, 9.17) is 8.92 Å². The van der Waals surface area contributed by atoms with Crippen LogP contribution in [0.2, 0.25) is 0 Å². The summed E-state index contributed by atoms with van der Waals surface area (Å²) in [4.78, 5) is 11.3. The molecule has 0 radical (unpaired) electrons. The fraction of sp³-hybridized carbons (Fsp3) is 0.323. The van der Waals surface area contributed by atoms with Crippen molar-refractivity contribution in [2.75, 3.05) is 55.3 Å². The monoisotopic (exact) mass is 580 g/mol. The van der Waals surface area contributed by atoms with Gasteiger partial charge in [-0.2, -0.15) is 13.1 Å². The van der Waals surface area contributed by atoms with Crippen molar-refractivity contribution in [1.82, 2.24) is 4.72 Å². The maximum Gasteiger partial charge on any atom is 0.336 e. The Balaban J connectivity index is 1.60. The predicted molar refractivity (Wildman–Crippen MR) is 166 cm³/mol. The van der Waals surface area contributed by atoms with Crippen molar-refractivity contribution in [2.24, 2.45) is 0 Å². The highest BCUT2D eigenvalue weighted by molar-refractivity contribution is 7.84. The maximum atomic E-state index is 12.0. The van der Waals surface area contributed by atoms with Crippen molar-refractivity contribution >= 4 is 33.3 Å². The van der Waals surface area contributed by atoms with Crippen LogP contribution in [0.25, 0.3) is 0 Å². The molecule has 0 aliphatic heterocycles. The van der Waals surface area contributed by atoms with E-state index in [1.807, 2.05) is 12.1 Å². The largest absolute Gasteiger partial charge is 0.461 e. The Kier molecular flexibility index (Phi) is 12.2. The van der Waals surface area contributed by atoms with Crippen LogP contribution in [-0.2, 0) is 24.0 Å². The van der Waals surface area contributed by atoms with Crippen molar-refractivity contribution in [3.8, 4) is 0 Å². The SMILES string of the molecule is C=C(C)C(=O)OCCNS(=O)(=O)OCCNc1ccc(C(c2ccc(NCC)cc2)c2ccc(NCC)cc2)cc1. The summed E-state index contributed by atoms with van der Waals surface area (Å²) >= 11 is 0. The number of benzene rings is 3. The second-order valence-electron chi connectivity index (χ2n) is 9.37. The Labute approximate surface area is 243 Å². The molecule has 9 nitrogen and oxygen atoms in total. The normalized spacial score (nSPS) is 11.2. The van der Waals surface area contributed by atoms with E-state index in [1.54, 1.807) is 0 Å². The highest BCUT2D eigenvalue weighted by atomic mass is 32.2. The Morgan fingerprint density at radius 1 is 0.732 bits per heavy atom. The summed E-state index contributed by atoms with van der Waals surface area (Å²) in [5.41, 5.74) is 6.77. The first-order valence-corrected chi connectivity index (χ1v) is 15.1. The summed E-state index contributed by atoms with van der Waals surface area (Å²) in [5, 5.41) is 9.88. The van der Waals surface area contributed by atoms with E-state index >= 15 is 0 Å². The third-order valence-electron chi connectivity index (χ3n) is 6.13. The molecule has 0 saturated carbocycles. The molecule has 0 amide bonds. The first-order valence-electron chi connectivity index (χ1n) is 13.7. The number of ether oxygens (including phenoxy) is 1. The van der Waals surface area contributed by atoms with Crippen LogP contribution in [0.15, 0.2) is 84.9 Å². The number of carbonyl (C=O) groups excluding carboxylic acids is 1. The van der Waals surface area contributed by atoms with E-state index in [0.29, 0.717) is 0 Å². The number of rotatable bonds is 17. The van der Waals surface area contributed by atoms with Gasteiger partial charge in [-0.25, -0.2) is 4.79 Å². The second-order valence-corrected chi connectivity index (χ2v) is 10.8. The van der Waals surface area contributed by atoms with Gasteiger partial charge in [0.1, 0.15) is 6.61 Å². The summed E-state index contributed by atoms with van der Waals surface area (Å²) < 4.78 is 36.0.